The van der Waals surface area contributed by atoms with Crippen molar-refractivity contribution in [2.75, 3.05) is 29.3 Å². The molecule has 5 rings (SSSR count). The number of sulfonamides is 1. The molecule has 1 atom stereocenters. The summed E-state index contributed by atoms with van der Waals surface area (Å²) in [6, 6.07) is 16.4. The SMILES string of the molecule is CCCCCCc1cnc(N2CCc3cc(S(=O)(=O)Nc4ccc(CCNCC(O)c5cccnc5)cc4)ccc32)s1. The summed E-state index contributed by atoms with van der Waals surface area (Å²) >= 11 is 1.74. The molecule has 42 heavy (non-hydrogen) atoms. The van der Waals surface area contributed by atoms with Crippen LogP contribution in [-0.2, 0) is 29.3 Å². The fourth-order valence-electron chi connectivity index (χ4n) is 5.12. The molecule has 3 heterocycles. The van der Waals surface area contributed by atoms with Gasteiger partial charge in [-0.1, -0.05) is 44.4 Å². The summed E-state index contributed by atoms with van der Waals surface area (Å²) in [4.78, 5) is 12.5. The Labute approximate surface area is 252 Å². The highest BCUT2D eigenvalue weighted by atomic mass is 32.2. The number of unbranched alkanes of at least 4 members (excludes halogenated alkanes) is 3. The van der Waals surface area contributed by atoms with Crippen LogP contribution in [0.4, 0.5) is 16.5 Å². The van der Waals surface area contributed by atoms with Crippen molar-refractivity contribution in [2.45, 2.75) is 62.9 Å². The van der Waals surface area contributed by atoms with Gasteiger partial charge in [0.25, 0.3) is 10.0 Å². The van der Waals surface area contributed by atoms with Gasteiger partial charge >= 0.3 is 0 Å². The zero-order chi connectivity index (χ0) is 29.4. The van der Waals surface area contributed by atoms with E-state index >= 15 is 0 Å². The van der Waals surface area contributed by atoms with Crippen molar-refractivity contribution in [3.8, 4) is 0 Å². The predicted molar refractivity (Wildman–Crippen MR) is 170 cm³/mol. The molecule has 2 aromatic heterocycles. The van der Waals surface area contributed by atoms with Gasteiger partial charge in [-0.2, -0.15) is 0 Å². The molecule has 0 aliphatic carbocycles. The Morgan fingerprint density at radius 2 is 1.90 bits per heavy atom. The highest BCUT2D eigenvalue weighted by Gasteiger charge is 2.25. The number of rotatable bonds is 15. The lowest BCUT2D eigenvalue weighted by Crippen LogP contribution is -2.23. The largest absolute Gasteiger partial charge is 0.387 e. The maximum absolute atomic E-state index is 13.2. The number of hydrogen-bond acceptors (Lipinski definition) is 8. The van der Waals surface area contributed by atoms with E-state index < -0.39 is 16.1 Å². The van der Waals surface area contributed by atoms with Crippen molar-refractivity contribution in [1.29, 1.82) is 0 Å². The second kappa shape index (κ2) is 14.2. The first-order valence-electron chi connectivity index (χ1n) is 14.7. The van der Waals surface area contributed by atoms with Gasteiger partial charge < -0.3 is 15.3 Å². The average molecular weight is 606 g/mol. The third-order valence-corrected chi connectivity index (χ3v) is 9.97. The zero-order valence-corrected chi connectivity index (χ0v) is 25.6. The molecule has 222 valence electrons. The normalized spacial score (nSPS) is 13.7. The third kappa shape index (κ3) is 7.74. The molecule has 0 spiro atoms. The Kier molecular flexibility index (Phi) is 10.2. The van der Waals surface area contributed by atoms with Crippen LogP contribution < -0.4 is 14.9 Å². The number of thiazole rings is 1. The molecule has 0 saturated heterocycles. The summed E-state index contributed by atoms with van der Waals surface area (Å²) in [5.41, 5.74) is 4.44. The van der Waals surface area contributed by atoms with Gasteiger partial charge in [-0.3, -0.25) is 9.71 Å². The molecule has 1 unspecified atom stereocenters. The van der Waals surface area contributed by atoms with Crippen LogP contribution in [0.15, 0.2) is 78.1 Å². The van der Waals surface area contributed by atoms with Crippen LogP contribution >= 0.6 is 11.3 Å². The topological polar surface area (TPSA) is 107 Å². The summed E-state index contributed by atoms with van der Waals surface area (Å²) in [7, 11) is -3.72. The molecule has 0 saturated carbocycles. The van der Waals surface area contributed by atoms with E-state index in [1.165, 1.54) is 30.6 Å². The van der Waals surface area contributed by atoms with E-state index in [1.54, 1.807) is 54.1 Å². The molecule has 2 aromatic carbocycles. The van der Waals surface area contributed by atoms with Crippen molar-refractivity contribution in [3.05, 3.63) is 94.8 Å². The minimum atomic E-state index is -3.72. The number of aryl methyl sites for hydroxylation is 1. The molecule has 3 N–H and O–H groups in total. The third-order valence-electron chi connectivity index (χ3n) is 7.51. The van der Waals surface area contributed by atoms with Crippen LogP contribution in [-0.4, -0.2) is 43.1 Å². The van der Waals surface area contributed by atoms with Gasteiger partial charge in [-0.05, 0) is 79.8 Å². The maximum atomic E-state index is 13.2. The molecule has 0 radical (unpaired) electrons. The van der Waals surface area contributed by atoms with E-state index in [0.717, 1.165) is 53.3 Å². The average Bonchev–Trinajstić information content (AvgIpc) is 3.65. The minimum absolute atomic E-state index is 0.263. The Balaban J connectivity index is 1.13. The second-order valence-corrected chi connectivity index (χ2v) is 13.4. The molecular weight excluding hydrogens is 567 g/mol. The first-order chi connectivity index (χ1) is 20.4. The molecule has 0 bridgehead atoms. The quantitative estimate of drug-likeness (QED) is 0.142. The lowest BCUT2D eigenvalue weighted by atomic mass is 10.1. The highest BCUT2D eigenvalue weighted by Crippen LogP contribution is 2.38. The van der Waals surface area contributed by atoms with E-state index in [0.29, 0.717) is 18.8 Å². The van der Waals surface area contributed by atoms with Crippen molar-refractivity contribution in [3.63, 3.8) is 0 Å². The lowest BCUT2D eigenvalue weighted by molar-refractivity contribution is 0.174. The van der Waals surface area contributed by atoms with Crippen molar-refractivity contribution in [1.82, 2.24) is 15.3 Å². The summed E-state index contributed by atoms with van der Waals surface area (Å²) < 4.78 is 29.1. The highest BCUT2D eigenvalue weighted by molar-refractivity contribution is 7.92. The first-order valence-corrected chi connectivity index (χ1v) is 17.0. The Morgan fingerprint density at radius 1 is 1.05 bits per heavy atom. The Morgan fingerprint density at radius 3 is 2.69 bits per heavy atom. The van der Waals surface area contributed by atoms with E-state index in [4.69, 9.17) is 0 Å². The van der Waals surface area contributed by atoms with Gasteiger partial charge in [-0.15, -0.1) is 11.3 Å². The smallest absolute Gasteiger partial charge is 0.261 e. The number of hydrogen-bond donors (Lipinski definition) is 3. The van der Waals surface area contributed by atoms with Gasteiger partial charge in [0.2, 0.25) is 0 Å². The Hall–Kier alpha value is -3.31. The van der Waals surface area contributed by atoms with Crippen LogP contribution in [0.5, 0.6) is 0 Å². The fourth-order valence-corrected chi connectivity index (χ4v) is 7.22. The predicted octanol–water partition coefficient (Wildman–Crippen LogP) is 6.02. The molecular formula is C32H39N5O3S2. The van der Waals surface area contributed by atoms with Crippen LogP contribution in [0.1, 0.15) is 60.3 Å². The summed E-state index contributed by atoms with van der Waals surface area (Å²) in [6.45, 7) is 4.15. The van der Waals surface area contributed by atoms with E-state index in [-0.39, 0.29) is 4.90 Å². The van der Waals surface area contributed by atoms with Crippen molar-refractivity contribution in [2.24, 2.45) is 0 Å². The number of nitrogens with one attached hydrogen (secondary N) is 2. The van der Waals surface area contributed by atoms with Gasteiger partial charge in [0, 0.05) is 53.5 Å². The molecule has 8 nitrogen and oxygen atoms in total. The Bertz CT molecular complexity index is 1540. The van der Waals surface area contributed by atoms with Crippen LogP contribution in [0.25, 0.3) is 0 Å². The number of aliphatic hydroxyl groups excluding tert-OH is 1. The number of aromatic nitrogens is 2. The van der Waals surface area contributed by atoms with E-state index in [9.17, 15) is 13.5 Å². The zero-order valence-electron chi connectivity index (χ0n) is 24.0. The number of nitrogens with zero attached hydrogens (tertiary/aromatic N) is 3. The van der Waals surface area contributed by atoms with Crippen LogP contribution in [0.3, 0.4) is 0 Å². The standard InChI is InChI=1S/C32H39N5O3S2/c1-2-3-4-5-8-28-22-35-32(41-28)37-19-16-25-20-29(13-14-30(25)37)42(39,40)36-27-11-9-24(10-12-27)15-18-34-23-31(38)26-7-6-17-33-21-26/h6-7,9-14,17,20-22,31,34,36,38H,2-5,8,15-16,18-19,23H2,1H3. The first kappa shape index (κ1) is 30.2. The number of fused-ring (bicyclic) bond motifs is 1. The maximum Gasteiger partial charge on any atom is 0.261 e. The second-order valence-electron chi connectivity index (χ2n) is 10.7. The van der Waals surface area contributed by atoms with Gasteiger partial charge in [0.05, 0.1) is 11.0 Å². The van der Waals surface area contributed by atoms with Crippen molar-refractivity contribution < 1.29 is 13.5 Å². The molecule has 1 aliphatic heterocycles. The molecule has 10 heteroatoms. The number of pyridine rings is 1. The molecule has 0 amide bonds. The molecule has 1 aliphatic rings. The van der Waals surface area contributed by atoms with Gasteiger partial charge in [0.15, 0.2) is 5.13 Å². The summed E-state index contributed by atoms with van der Waals surface area (Å²) in [6.07, 6.45) is 12.3. The van der Waals surface area contributed by atoms with Gasteiger partial charge in [0.1, 0.15) is 0 Å². The van der Waals surface area contributed by atoms with Crippen molar-refractivity contribution >= 4 is 37.9 Å². The number of benzene rings is 2. The monoisotopic (exact) mass is 605 g/mol. The lowest BCUT2D eigenvalue weighted by Gasteiger charge is -2.16. The van der Waals surface area contributed by atoms with Crippen LogP contribution in [0, 0.1) is 0 Å². The number of aliphatic hydroxyl groups is 1. The van der Waals surface area contributed by atoms with Crippen LogP contribution in [0.2, 0.25) is 0 Å². The minimum Gasteiger partial charge on any atom is -0.387 e. The van der Waals surface area contributed by atoms with E-state index in [1.807, 2.05) is 30.5 Å². The summed E-state index contributed by atoms with van der Waals surface area (Å²) in [5.74, 6) is 0. The van der Waals surface area contributed by atoms with E-state index in [2.05, 4.69) is 31.8 Å². The van der Waals surface area contributed by atoms with Gasteiger partial charge in [-0.25, -0.2) is 13.4 Å². The fraction of sp³-hybridized carbons (Fsp3) is 0.375. The molecule has 0 fully saturated rings. The number of anilines is 3. The summed E-state index contributed by atoms with van der Waals surface area (Å²) in [5, 5.41) is 14.5. The molecule has 4 aromatic rings.